The summed E-state index contributed by atoms with van der Waals surface area (Å²) in [5.41, 5.74) is 1.18. The monoisotopic (exact) mass is 216 g/mol. The molecule has 84 valence electrons. The van der Waals surface area contributed by atoms with Crippen molar-refractivity contribution in [1.29, 1.82) is 0 Å². The molecule has 2 heterocycles. The fraction of sp³-hybridized carbons (Fsp3) is 0.385. The summed E-state index contributed by atoms with van der Waals surface area (Å²) in [6, 6.07) is 10.4. The molecule has 1 aromatic carbocycles. The highest BCUT2D eigenvalue weighted by Gasteiger charge is 2.52. The molecule has 0 saturated carbocycles. The van der Waals surface area contributed by atoms with Gasteiger partial charge in [-0.3, -0.25) is 0 Å². The molecule has 0 N–H and O–H groups in total. The number of rotatable bonds is 2. The third-order valence-electron chi connectivity index (χ3n) is 3.31. The molecule has 16 heavy (non-hydrogen) atoms. The predicted octanol–water partition coefficient (Wildman–Crippen LogP) is 2.02. The van der Waals surface area contributed by atoms with Crippen LogP contribution >= 0.6 is 0 Å². The van der Waals surface area contributed by atoms with Crippen LogP contribution in [-0.4, -0.2) is 30.3 Å². The van der Waals surface area contributed by atoms with Crippen LogP contribution in [0.1, 0.15) is 6.92 Å². The first-order valence-electron chi connectivity index (χ1n) is 5.58. The van der Waals surface area contributed by atoms with Crippen molar-refractivity contribution in [1.82, 2.24) is 4.90 Å². The van der Waals surface area contributed by atoms with Crippen LogP contribution in [-0.2, 0) is 4.74 Å². The van der Waals surface area contributed by atoms with Gasteiger partial charge in [0.15, 0.2) is 0 Å². The second kappa shape index (κ2) is 3.25. The molecule has 0 radical (unpaired) electrons. The Hall–Kier alpha value is -1.48. The van der Waals surface area contributed by atoms with Gasteiger partial charge in [-0.15, -0.1) is 0 Å². The van der Waals surface area contributed by atoms with E-state index in [1.54, 1.807) is 0 Å². The van der Waals surface area contributed by atoms with Gasteiger partial charge >= 0.3 is 0 Å². The maximum absolute atomic E-state index is 5.58. The first kappa shape index (κ1) is 9.73. The summed E-state index contributed by atoms with van der Waals surface area (Å²) in [5.74, 6) is 0. The van der Waals surface area contributed by atoms with Crippen LogP contribution in [0.15, 0.2) is 42.7 Å². The largest absolute Gasteiger partial charge is 0.366 e. The van der Waals surface area contributed by atoms with E-state index in [4.69, 9.17) is 4.74 Å². The van der Waals surface area contributed by atoms with Gasteiger partial charge in [0.25, 0.3) is 0 Å². The first-order chi connectivity index (χ1) is 7.71. The van der Waals surface area contributed by atoms with E-state index in [1.165, 1.54) is 5.69 Å². The Labute approximate surface area is 95.9 Å². The molecule has 1 aromatic rings. The minimum atomic E-state index is -0.0336. The van der Waals surface area contributed by atoms with Gasteiger partial charge in [-0.05, 0) is 19.1 Å². The quantitative estimate of drug-likeness (QED) is 0.705. The summed E-state index contributed by atoms with van der Waals surface area (Å²) in [5, 5.41) is 0. The van der Waals surface area contributed by atoms with Gasteiger partial charge in [-0.2, -0.15) is 0 Å². The molecular formula is C13H16N2O. The highest BCUT2D eigenvalue weighted by Crippen LogP contribution is 2.39. The molecule has 0 aromatic heterocycles. The fourth-order valence-electron chi connectivity index (χ4n) is 2.35. The van der Waals surface area contributed by atoms with E-state index < -0.39 is 0 Å². The van der Waals surface area contributed by atoms with Crippen LogP contribution in [0.5, 0.6) is 0 Å². The van der Waals surface area contributed by atoms with E-state index in [0.29, 0.717) is 0 Å². The zero-order chi connectivity index (χ0) is 11.2. The van der Waals surface area contributed by atoms with E-state index in [0.717, 1.165) is 6.61 Å². The predicted molar refractivity (Wildman–Crippen MR) is 64.0 cm³/mol. The third-order valence-corrected chi connectivity index (χ3v) is 3.31. The van der Waals surface area contributed by atoms with E-state index in [2.05, 4.69) is 60.4 Å². The number of nitrogens with zero attached hydrogens (tertiary/aromatic N) is 2. The summed E-state index contributed by atoms with van der Waals surface area (Å²) in [4.78, 5) is 4.48. The molecule has 0 spiro atoms. The minimum absolute atomic E-state index is 0.0336. The van der Waals surface area contributed by atoms with Gasteiger partial charge < -0.3 is 14.5 Å². The molecule has 0 bridgehead atoms. The Balaban J connectivity index is 1.93. The summed E-state index contributed by atoms with van der Waals surface area (Å²) < 4.78 is 5.58. The van der Waals surface area contributed by atoms with Crippen LogP contribution in [0, 0.1) is 0 Å². The van der Waals surface area contributed by atoms with E-state index in [1.807, 2.05) is 6.07 Å². The number of ether oxygens (including phenoxy) is 1. The van der Waals surface area contributed by atoms with Gasteiger partial charge in [0, 0.05) is 25.1 Å². The van der Waals surface area contributed by atoms with Crippen molar-refractivity contribution in [3.05, 3.63) is 42.7 Å². The molecular weight excluding hydrogens is 200 g/mol. The average molecular weight is 216 g/mol. The van der Waals surface area contributed by atoms with Crippen molar-refractivity contribution < 1.29 is 4.74 Å². The molecule has 2 unspecified atom stereocenters. The lowest BCUT2D eigenvalue weighted by Crippen LogP contribution is -2.47. The van der Waals surface area contributed by atoms with Crippen molar-refractivity contribution in [2.45, 2.75) is 18.7 Å². The van der Waals surface area contributed by atoms with Gasteiger partial charge in [0.05, 0.1) is 6.61 Å². The number of benzene rings is 1. The molecule has 3 nitrogen and oxygen atoms in total. The number of anilines is 1. The highest BCUT2D eigenvalue weighted by atomic mass is 16.6. The number of hydrogen-bond acceptors (Lipinski definition) is 3. The second-order valence-corrected chi connectivity index (χ2v) is 4.68. The Morgan fingerprint density at radius 1 is 1.25 bits per heavy atom. The molecule has 0 aliphatic carbocycles. The van der Waals surface area contributed by atoms with Crippen molar-refractivity contribution in [3.8, 4) is 0 Å². The summed E-state index contributed by atoms with van der Waals surface area (Å²) in [7, 11) is 2.09. The normalized spacial score (nSPS) is 32.2. The van der Waals surface area contributed by atoms with Gasteiger partial charge in [-0.25, -0.2) is 0 Å². The topological polar surface area (TPSA) is 19.0 Å². The third kappa shape index (κ3) is 1.39. The molecule has 2 aliphatic rings. The van der Waals surface area contributed by atoms with Crippen LogP contribution in [0.4, 0.5) is 5.69 Å². The van der Waals surface area contributed by atoms with Crippen molar-refractivity contribution in [2.75, 3.05) is 18.6 Å². The maximum atomic E-state index is 5.58. The van der Waals surface area contributed by atoms with Crippen LogP contribution in [0.25, 0.3) is 0 Å². The number of likely N-dealkylation sites (N-methyl/N-ethyl adjacent to an activating group) is 1. The van der Waals surface area contributed by atoms with E-state index >= 15 is 0 Å². The molecule has 2 atom stereocenters. The molecule has 2 aliphatic heterocycles. The molecule has 3 heteroatoms. The average Bonchev–Trinajstić information content (AvgIpc) is 2.91. The van der Waals surface area contributed by atoms with Crippen LogP contribution in [0.3, 0.4) is 0 Å². The van der Waals surface area contributed by atoms with Gasteiger partial charge in [0.1, 0.15) is 11.8 Å². The standard InChI is InChI=1S/C13H16N2O/c1-13(10-16-13)12-14(2)8-9-15(12)11-6-4-3-5-7-11/h3-9,12H,10H2,1-2H3. The lowest BCUT2D eigenvalue weighted by molar-refractivity contribution is 0.198. The zero-order valence-electron chi connectivity index (χ0n) is 9.63. The first-order valence-corrected chi connectivity index (χ1v) is 5.58. The SMILES string of the molecule is CN1C=CN(c2ccccc2)C1C1(C)CO1. The van der Waals surface area contributed by atoms with Crippen LogP contribution < -0.4 is 4.90 Å². The van der Waals surface area contributed by atoms with E-state index in [9.17, 15) is 0 Å². The molecule has 3 rings (SSSR count). The molecule has 0 amide bonds. The zero-order valence-corrected chi connectivity index (χ0v) is 9.63. The summed E-state index contributed by atoms with van der Waals surface area (Å²) in [6.07, 6.45) is 4.49. The Morgan fingerprint density at radius 2 is 1.94 bits per heavy atom. The Kier molecular flexibility index (Phi) is 1.98. The van der Waals surface area contributed by atoms with Gasteiger partial charge in [0.2, 0.25) is 0 Å². The Morgan fingerprint density at radius 3 is 2.56 bits per heavy atom. The molecule has 1 saturated heterocycles. The van der Waals surface area contributed by atoms with Crippen molar-refractivity contribution in [3.63, 3.8) is 0 Å². The highest BCUT2D eigenvalue weighted by molar-refractivity contribution is 5.52. The van der Waals surface area contributed by atoms with Gasteiger partial charge in [-0.1, -0.05) is 18.2 Å². The smallest absolute Gasteiger partial charge is 0.137 e. The molecule has 1 fully saturated rings. The second-order valence-electron chi connectivity index (χ2n) is 4.68. The maximum Gasteiger partial charge on any atom is 0.137 e. The fourth-order valence-corrected chi connectivity index (χ4v) is 2.35. The lowest BCUT2D eigenvalue weighted by atomic mass is 10.1. The Bertz CT molecular complexity index is 411. The van der Waals surface area contributed by atoms with Crippen LogP contribution in [0.2, 0.25) is 0 Å². The lowest BCUT2D eigenvalue weighted by Gasteiger charge is -2.33. The summed E-state index contributed by atoms with van der Waals surface area (Å²) in [6.45, 7) is 3.00. The summed E-state index contributed by atoms with van der Waals surface area (Å²) >= 11 is 0. The van der Waals surface area contributed by atoms with Crippen molar-refractivity contribution in [2.24, 2.45) is 0 Å². The van der Waals surface area contributed by atoms with Crippen molar-refractivity contribution >= 4 is 5.69 Å². The minimum Gasteiger partial charge on any atom is -0.366 e. The number of epoxide rings is 1. The number of para-hydroxylation sites is 1. The van der Waals surface area contributed by atoms with E-state index in [-0.39, 0.29) is 11.8 Å². The number of hydrogen-bond donors (Lipinski definition) is 0.